The Labute approximate surface area is 321 Å². The monoisotopic (exact) mass is 814 g/mol. The minimum atomic E-state index is -0.566. The number of rotatable bonds is 11. The fraction of sp³-hybridized carbons (Fsp3) is 0.326. The molecule has 0 aliphatic heterocycles. The van der Waals surface area contributed by atoms with E-state index in [1.807, 2.05) is 90.1 Å². The van der Waals surface area contributed by atoms with Crippen molar-refractivity contribution in [3.8, 4) is 22.3 Å². The van der Waals surface area contributed by atoms with E-state index >= 15 is 0 Å². The molecule has 1 heterocycles. The number of hydrogen-bond acceptors (Lipinski definition) is 4. The van der Waals surface area contributed by atoms with Crippen LogP contribution < -0.4 is 21.5 Å². The van der Waals surface area contributed by atoms with Gasteiger partial charge in [0.05, 0.1) is 11.1 Å². The summed E-state index contributed by atoms with van der Waals surface area (Å²) in [4.78, 5) is 25.9. The third kappa shape index (κ3) is 10.5. The average Bonchev–Trinajstić information content (AvgIpc) is 3.35. The Hall–Kier alpha value is -4.01. The molecule has 51 heavy (non-hydrogen) atoms. The second kappa shape index (κ2) is 17.0. The Morgan fingerprint density at radius 2 is 1.14 bits per heavy atom. The molecule has 0 amide bonds. The largest absolute Gasteiger partial charge is 1.00 e. The number of carbonyl (C=O) groups excluding carboxylic acids is 2. The van der Waals surface area contributed by atoms with Crippen LogP contribution in [0.2, 0.25) is 0 Å². The second-order valence-corrected chi connectivity index (χ2v) is 15.5. The quantitative estimate of drug-likeness (QED) is 0.104. The van der Waals surface area contributed by atoms with Gasteiger partial charge in [-0.15, -0.1) is 0 Å². The molecule has 0 aliphatic rings. The van der Waals surface area contributed by atoms with Crippen molar-refractivity contribution < 1.29 is 40.6 Å². The van der Waals surface area contributed by atoms with Crippen LogP contribution in [0.1, 0.15) is 98.8 Å². The number of ether oxygens (including phenoxy) is 2. The van der Waals surface area contributed by atoms with Gasteiger partial charge in [0.15, 0.2) is 5.69 Å². The standard InChI is InChI=1S/C43H48BrN2O4.BrH/c1-8-9-18-38-39(44)46(28-31-21-25-33(26-22-31)35-15-11-13-17-37(35)41(48)50-43(5,6)7)29-45(38)27-30-19-23-32(24-20-30)34-14-10-12-16-36(34)40(47)49-42(2,3)4;/h10-17,19-26,29H,8-9,18,27-28H2,1-7H3;1H/q+1;/p-1. The topological polar surface area (TPSA) is 61.4 Å². The summed E-state index contributed by atoms with van der Waals surface area (Å²) in [5, 5.41) is 0. The molecule has 5 aromatic rings. The highest BCUT2D eigenvalue weighted by Gasteiger charge is 2.24. The van der Waals surface area contributed by atoms with Crippen LogP contribution in [0.15, 0.2) is 108 Å². The zero-order valence-corrected chi connectivity index (χ0v) is 33.8. The first-order chi connectivity index (χ1) is 23.7. The summed E-state index contributed by atoms with van der Waals surface area (Å²) in [7, 11) is 0. The smallest absolute Gasteiger partial charge is 0.339 e. The maximum atomic E-state index is 13.0. The van der Waals surface area contributed by atoms with Crippen LogP contribution in [0.3, 0.4) is 0 Å². The van der Waals surface area contributed by atoms with E-state index in [1.54, 1.807) is 0 Å². The first-order valence-corrected chi connectivity index (χ1v) is 18.1. The van der Waals surface area contributed by atoms with E-state index in [1.165, 1.54) is 11.3 Å². The molecule has 5 rings (SSSR count). The fourth-order valence-electron chi connectivity index (χ4n) is 5.88. The Balaban J connectivity index is 0.00000583. The van der Waals surface area contributed by atoms with Crippen LogP contribution in [-0.2, 0) is 29.0 Å². The minimum Gasteiger partial charge on any atom is -1.00 e. The lowest BCUT2D eigenvalue weighted by Gasteiger charge is -2.20. The third-order valence-corrected chi connectivity index (χ3v) is 9.12. The van der Waals surface area contributed by atoms with Crippen LogP contribution in [0.25, 0.3) is 22.3 Å². The molecule has 0 bridgehead atoms. The number of nitrogens with zero attached hydrogens (tertiary/aromatic N) is 2. The lowest BCUT2D eigenvalue weighted by atomic mass is 9.98. The van der Waals surface area contributed by atoms with Crippen LogP contribution >= 0.6 is 15.9 Å². The van der Waals surface area contributed by atoms with E-state index in [2.05, 4.69) is 86.8 Å². The van der Waals surface area contributed by atoms with Crippen LogP contribution in [0.4, 0.5) is 0 Å². The number of aromatic nitrogens is 2. The SMILES string of the molecule is CCCCc1c(Br)[n+](Cc2ccc(-c3ccccc3C(=O)OC(C)(C)C)cc2)cn1Cc1ccc(-c2ccccc2C(=O)OC(C)(C)C)cc1.[Br-]. The number of hydrogen-bond donors (Lipinski definition) is 0. The first kappa shape index (κ1) is 39.8. The normalized spacial score (nSPS) is 11.5. The Morgan fingerprint density at radius 3 is 1.59 bits per heavy atom. The summed E-state index contributed by atoms with van der Waals surface area (Å²) >= 11 is 3.93. The maximum Gasteiger partial charge on any atom is 0.339 e. The number of imidazole rings is 1. The molecule has 0 radical (unpaired) electrons. The predicted octanol–water partition coefficient (Wildman–Crippen LogP) is 7.23. The number of unbranched alkanes of at least 4 members (excludes halogenated alkanes) is 1. The van der Waals surface area contributed by atoms with Crippen molar-refractivity contribution in [3.63, 3.8) is 0 Å². The molecule has 8 heteroatoms. The van der Waals surface area contributed by atoms with Crippen LogP contribution in [-0.4, -0.2) is 27.7 Å². The van der Waals surface area contributed by atoms with Gasteiger partial charge in [-0.25, -0.2) is 18.7 Å². The average molecular weight is 817 g/mol. The maximum absolute atomic E-state index is 13.0. The van der Waals surface area contributed by atoms with Crippen LogP contribution in [0, 0.1) is 0 Å². The van der Waals surface area contributed by atoms with Crippen molar-refractivity contribution in [2.75, 3.05) is 0 Å². The molecule has 0 fully saturated rings. The Morgan fingerprint density at radius 1 is 0.686 bits per heavy atom. The molecule has 1 aromatic heterocycles. The van der Waals surface area contributed by atoms with Gasteiger partial charge in [0, 0.05) is 22.4 Å². The Bertz CT molecular complexity index is 1950. The van der Waals surface area contributed by atoms with E-state index in [0.29, 0.717) is 17.7 Å². The molecule has 4 aromatic carbocycles. The van der Waals surface area contributed by atoms with E-state index < -0.39 is 11.2 Å². The minimum absolute atomic E-state index is 0. The van der Waals surface area contributed by atoms with Gasteiger partial charge < -0.3 is 26.5 Å². The van der Waals surface area contributed by atoms with Gasteiger partial charge >= 0.3 is 11.9 Å². The van der Waals surface area contributed by atoms with Crippen molar-refractivity contribution >= 4 is 27.9 Å². The van der Waals surface area contributed by atoms with Crippen molar-refractivity contribution in [3.05, 3.63) is 136 Å². The van der Waals surface area contributed by atoms with Gasteiger partial charge in [-0.2, -0.15) is 0 Å². The molecule has 0 aliphatic carbocycles. The highest BCUT2D eigenvalue weighted by molar-refractivity contribution is 9.10. The molecule has 0 saturated heterocycles. The lowest BCUT2D eigenvalue weighted by molar-refractivity contribution is -0.698. The van der Waals surface area contributed by atoms with Gasteiger partial charge in [0.25, 0.3) is 0 Å². The number of benzene rings is 4. The zero-order chi connectivity index (χ0) is 36.1. The zero-order valence-electron chi connectivity index (χ0n) is 30.6. The number of carbonyl (C=O) groups is 2. The van der Waals surface area contributed by atoms with Crippen LogP contribution in [0.5, 0.6) is 0 Å². The third-order valence-electron chi connectivity index (χ3n) is 8.21. The summed E-state index contributed by atoms with van der Waals surface area (Å²) in [6, 6.07) is 32.0. The number of halogens is 2. The highest BCUT2D eigenvalue weighted by Crippen LogP contribution is 2.28. The molecule has 0 unspecified atom stereocenters. The molecular weight excluding hydrogens is 768 g/mol. The summed E-state index contributed by atoms with van der Waals surface area (Å²) in [6.45, 7) is 14.9. The Kier molecular flexibility index (Phi) is 13.3. The molecule has 0 spiro atoms. The summed E-state index contributed by atoms with van der Waals surface area (Å²) in [6.07, 6.45) is 5.35. The van der Waals surface area contributed by atoms with Crippen molar-refractivity contribution in [1.29, 1.82) is 0 Å². The molecule has 0 N–H and O–H groups in total. The van der Waals surface area contributed by atoms with E-state index in [0.717, 1.165) is 58.2 Å². The van der Waals surface area contributed by atoms with E-state index in [-0.39, 0.29) is 28.9 Å². The first-order valence-electron chi connectivity index (χ1n) is 17.3. The molecular formula is C43H48Br2N2O4. The molecule has 0 saturated carbocycles. The second-order valence-electron chi connectivity index (χ2n) is 14.7. The molecule has 0 atom stereocenters. The lowest BCUT2D eigenvalue weighted by Crippen LogP contribution is -3.00. The van der Waals surface area contributed by atoms with E-state index in [4.69, 9.17) is 9.47 Å². The summed E-state index contributed by atoms with van der Waals surface area (Å²) < 4.78 is 17.0. The van der Waals surface area contributed by atoms with Crippen molar-refractivity contribution in [2.45, 2.75) is 92.0 Å². The van der Waals surface area contributed by atoms with Crippen molar-refractivity contribution in [2.24, 2.45) is 0 Å². The van der Waals surface area contributed by atoms with Gasteiger partial charge in [-0.3, -0.25) is 0 Å². The molecule has 268 valence electrons. The van der Waals surface area contributed by atoms with Gasteiger partial charge in [0.2, 0.25) is 10.9 Å². The fourth-order valence-corrected chi connectivity index (χ4v) is 6.52. The van der Waals surface area contributed by atoms with Gasteiger partial charge in [0.1, 0.15) is 24.3 Å². The van der Waals surface area contributed by atoms with Crippen molar-refractivity contribution in [1.82, 2.24) is 4.57 Å². The summed E-state index contributed by atoms with van der Waals surface area (Å²) in [5.41, 5.74) is 7.23. The number of esters is 2. The van der Waals surface area contributed by atoms with E-state index in [9.17, 15) is 9.59 Å². The summed E-state index contributed by atoms with van der Waals surface area (Å²) in [5.74, 6) is -0.641. The predicted molar refractivity (Wildman–Crippen MR) is 203 cm³/mol. The highest BCUT2D eigenvalue weighted by atomic mass is 79.9. The van der Waals surface area contributed by atoms with Gasteiger partial charge in [-0.1, -0.05) is 98.3 Å². The molecule has 6 nitrogen and oxygen atoms in total. The van der Waals surface area contributed by atoms with Gasteiger partial charge in [-0.05, 0) is 93.5 Å².